The maximum atomic E-state index is 5.41. The van der Waals surface area contributed by atoms with Gasteiger partial charge >= 0.3 is 9.07 Å². The van der Waals surface area contributed by atoms with Gasteiger partial charge in [0.25, 0.3) is 0 Å². The largest absolute Gasteiger partial charge is 0.527 e. The monoisotopic (exact) mass is 170 g/mol. The van der Waals surface area contributed by atoms with E-state index in [1.165, 1.54) is 0 Å². The second kappa shape index (κ2) is 3.64. The molecule has 0 aliphatic heterocycles. The highest BCUT2D eigenvalue weighted by atomic mass is 35.6. The van der Waals surface area contributed by atoms with Crippen molar-refractivity contribution in [2.75, 3.05) is 0 Å². The Balaban J connectivity index is 2.81. The Kier molecular flexibility index (Phi) is 2.77. The Hall–Kier alpha value is -0.473. The minimum absolute atomic E-state index is 0.00383. The molecule has 10 heavy (non-hydrogen) atoms. The molecule has 0 unspecified atom stereocenters. The summed E-state index contributed by atoms with van der Waals surface area (Å²) in [4.78, 5) is 0. The summed E-state index contributed by atoms with van der Waals surface area (Å²) in [7, 11) is 0.00383. The maximum Gasteiger partial charge on any atom is 0.440 e. The first-order chi connectivity index (χ1) is 4.84. The van der Waals surface area contributed by atoms with Crippen LogP contribution in [0, 0.1) is 6.92 Å². The van der Waals surface area contributed by atoms with Crippen LogP contribution in [0.15, 0.2) is 24.3 Å². The van der Waals surface area contributed by atoms with Gasteiger partial charge in [-0.2, -0.15) is 0 Å². The van der Waals surface area contributed by atoms with E-state index >= 15 is 0 Å². The Morgan fingerprint density at radius 2 is 2.10 bits per heavy atom. The summed E-state index contributed by atoms with van der Waals surface area (Å²) >= 11 is 5.41. The first-order valence-corrected chi connectivity index (χ1v) is 4.84. The standard InChI is InChI=1S/C7H7ClOSi/c1-6-4-2-3-5-7(6)9-10-8/h2-5H,1H3. The predicted molar refractivity (Wildman–Crippen MR) is 43.4 cm³/mol. The van der Waals surface area contributed by atoms with Gasteiger partial charge in [-0.1, -0.05) is 18.2 Å². The molecule has 0 aliphatic carbocycles. The molecule has 0 amide bonds. The summed E-state index contributed by atoms with van der Waals surface area (Å²) in [5.74, 6) is 0.871. The molecule has 0 N–H and O–H groups in total. The van der Waals surface area contributed by atoms with Gasteiger partial charge in [-0.3, -0.25) is 0 Å². The van der Waals surface area contributed by atoms with Gasteiger partial charge in [-0.05, 0) is 18.6 Å². The van der Waals surface area contributed by atoms with E-state index in [1.54, 1.807) is 0 Å². The molecule has 0 heterocycles. The summed E-state index contributed by atoms with van der Waals surface area (Å²) < 4.78 is 5.13. The SMILES string of the molecule is Cc1ccccc1O[Si]Cl. The molecule has 0 saturated carbocycles. The molecule has 3 heteroatoms. The second-order valence-electron chi connectivity index (χ2n) is 1.94. The topological polar surface area (TPSA) is 9.23 Å². The van der Waals surface area contributed by atoms with Crippen LogP contribution >= 0.6 is 11.1 Å². The zero-order chi connectivity index (χ0) is 7.40. The third kappa shape index (κ3) is 1.75. The van der Waals surface area contributed by atoms with Crippen LogP contribution in [0.1, 0.15) is 5.56 Å². The van der Waals surface area contributed by atoms with Crippen molar-refractivity contribution in [2.24, 2.45) is 0 Å². The molecule has 0 aromatic heterocycles. The van der Waals surface area contributed by atoms with E-state index in [9.17, 15) is 0 Å². The minimum Gasteiger partial charge on any atom is -0.527 e. The van der Waals surface area contributed by atoms with Gasteiger partial charge in [0, 0.05) is 0 Å². The summed E-state index contributed by atoms with van der Waals surface area (Å²) in [6.07, 6.45) is 0. The number of hydrogen-bond donors (Lipinski definition) is 0. The molecule has 1 rings (SSSR count). The molecule has 0 spiro atoms. The van der Waals surface area contributed by atoms with E-state index in [2.05, 4.69) is 0 Å². The second-order valence-corrected chi connectivity index (χ2v) is 2.77. The average molecular weight is 171 g/mol. The van der Waals surface area contributed by atoms with Crippen molar-refractivity contribution in [3.05, 3.63) is 29.8 Å². The molecule has 0 aliphatic rings. The molecular formula is C7H7ClOSi. The minimum atomic E-state index is 0.00383. The lowest BCUT2D eigenvalue weighted by molar-refractivity contribution is 0.604. The Labute approximate surface area is 67.6 Å². The number of para-hydroxylation sites is 1. The van der Waals surface area contributed by atoms with E-state index in [-0.39, 0.29) is 9.07 Å². The van der Waals surface area contributed by atoms with Crippen LogP contribution in [0.2, 0.25) is 0 Å². The third-order valence-corrected chi connectivity index (χ3v) is 1.77. The van der Waals surface area contributed by atoms with Crippen LogP contribution in [0.5, 0.6) is 5.75 Å². The Bertz CT molecular complexity index is 215. The van der Waals surface area contributed by atoms with E-state index in [0.29, 0.717) is 0 Å². The lowest BCUT2D eigenvalue weighted by Gasteiger charge is -2.02. The first-order valence-electron chi connectivity index (χ1n) is 2.92. The fraction of sp³-hybridized carbons (Fsp3) is 0.143. The van der Waals surface area contributed by atoms with Gasteiger partial charge in [0.05, 0.1) is 0 Å². The normalized spacial score (nSPS) is 9.40. The van der Waals surface area contributed by atoms with E-state index in [1.807, 2.05) is 31.2 Å². The Morgan fingerprint density at radius 1 is 1.40 bits per heavy atom. The van der Waals surface area contributed by atoms with E-state index in [0.717, 1.165) is 11.3 Å². The number of hydrogen-bond acceptors (Lipinski definition) is 1. The predicted octanol–water partition coefficient (Wildman–Crippen LogP) is 2.15. The smallest absolute Gasteiger partial charge is 0.440 e. The van der Waals surface area contributed by atoms with Crippen LogP contribution in [0.25, 0.3) is 0 Å². The highest BCUT2D eigenvalue weighted by Crippen LogP contribution is 2.15. The van der Waals surface area contributed by atoms with E-state index in [4.69, 9.17) is 15.5 Å². The highest BCUT2D eigenvalue weighted by Gasteiger charge is 1.95. The average Bonchev–Trinajstić information content (AvgIpc) is 1.94. The molecule has 0 saturated heterocycles. The summed E-state index contributed by atoms with van der Waals surface area (Å²) in [6.45, 7) is 1.99. The van der Waals surface area contributed by atoms with Crippen molar-refractivity contribution in [3.8, 4) is 5.75 Å². The number of aryl methyl sites for hydroxylation is 1. The zero-order valence-electron chi connectivity index (χ0n) is 5.60. The van der Waals surface area contributed by atoms with Gasteiger partial charge in [0.1, 0.15) is 5.75 Å². The quantitative estimate of drug-likeness (QED) is 0.488. The Morgan fingerprint density at radius 3 is 2.70 bits per heavy atom. The van der Waals surface area contributed by atoms with Gasteiger partial charge in [0.2, 0.25) is 0 Å². The molecule has 52 valence electrons. The molecule has 1 aromatic rings. The molecule has 2 radical (unpaired) electrons. The summed E-state index contributed by atoms with van der Waals surface area (Å²) in [5.41, 5.74) is 1.12. The molecule has 1 aromatic carbocycles. The lowest BCUT2D eigenvalue weighted by atomic mass is 10.2. The molecule has 0 bridgehead atoms. The van der Waals surface area contributed by atoms with Crippen molar-refractivity contribution in [3.63, 3.8) is 0 Å². The van der Waals surface area contributed by atoms with Gasteiger partial charge < -0.3 is 4.43 Å². The molecule has 1 nitrogen and oxygen atoms in total. The van der Waals surface area contributed by atoms with Gasteiger partial charge in [-0.15, -0.1) is 11.1 Å². The molecular weight excluding hydrogens is 164 g/mol. The third-order valence-electron chi connectivity index (χ3n) is 1.24. The summed E-state index contributed by atoms with van der Waals surface area (Å²) in [6, 6.07) is 7.80. The van der Waals surface area contributed by atoms with Crippen LogP contribution in [-0.2, 0) is 0 Å². The van der Waals surface area contributed by atoms with Crippen LogP contribution in [0.3, 0.4) is 0 Å². The number of halogens is 1. The first kappa shape index (κ1) is 7.63. The van der Waals surface area contributed by atoms with Crippen LogP contribution in [0.4, 0.5) is 0 Å². The highest BCUT2D eigenvalue weighted by molar-refractivity contribution is 6.90. The molecule has 0 atom stereocenters. The fourth-order valence-corrected chi connectivity index (χ4v) is 1.27. The van der Waals surface area contributed by atoms with Crippen molar-refractivity contribution in [2.45, 2.75) is 6.92 Å². The summed E-state index contributed by atoms with van der Waals surface area (Å²) in [5, 5.41) is 0. The molecule has 0 fully saturated rings. The van der Waals surface area contributed by atoms with E-state index < -0.39 is 0 Å². The number of rotatable bonds is 2. The lowest BCUT2D eigenvalue weighted by Crippen LogP contribution is -1.94. The number of benzene rings is 1. The van der Waals surface area contributed by atoms with Gasteiger partial charge in [-0.25, -0.2) is 0 Å². The van der Waals surface area contributed by atoms with Crippen LogP contribution in [-0.4, -0.2) is 9.07 Å². The van der Waals surface area contributed by atoms with Crippen molar-refractivity contribution in [1.82, 2.24) is 0 Å². The maximum absolute atomic E-state index is 5.41. The van der Waals surface area contributed by atoms with Crippen molar-refractivity contribution >= 4 is 20.2 Å². The fourth-order valence-electron chi connectivity index (χ4n) is 0.712. The van der Waals surface area contributed by atoms with Gasteiger partial charge in [0.15, 0.2) is 0 Å². The van der Waals surface area contributed by atoms with Crippen molar-refractivity contribution in [1.29, 1.82) is 0 Å². The zero-order valence-corrected chi connectivity index (χ0v) is 7.35. The van der Waals surface area contributed by atoms with Crippen molar-refractivity contribution < 1.29 is 4.43 Å². The van der Waals surface area contributed by atoms with Crippen LogP contribution < -0.4 is 4.43 Å².